The first-order chi connectivity index (χ1) is 7.20. The Bertz CT molecular complexity index is 391. The van der Waals surface area contributed by atoms with Crippen molar-refractivity contribution >= 4 is 12.3 Å². The second-order valence-electron chi connectivity index (χ2n) is 3.22. The monoisotopic (exact) mass is 206 g/mol. The van der Waals surface area contributed by atoms with Crippen LogP contribution in [0, 0.1) is 5.21 Å². The van der Waals surface area contributed by atoms with Crippen molar-refractivity contribution in [3.8, 4) is 0 Å². The Kier molecular flexibility index (Phi) is 2.49. The third-order valence-electron chi connectivity index (χ3n) is 2.05. The smallest absolute Gasteiger partial charge is 0.398 e. The number of benzene rings is 1. The Morgan fingerprint density at radius 1 is 1.40 bits per heavy atom. The second-order valence-corrected chi connectivity index (χ2v) is 3.22. The standard InChI is InChI=1S/C10H10N2O3/c13-10(9-4-2-1-3-5-9)15-12(14)7-6-11-8-12/h1-5,8H,6-7H2. The number of quaternary nitrogens is 1. The van der Waals surface area contributed by atoms with Gasteiger partial charge in [-0.05, 0) is 12.1 Å². The summed E-state index contributed by atoms with van der Waals surface area (Å²) in [5, 5.41) is 11.6. The van der Waals surface area contributed by atoms with Crippen molar-refractivity contribution in [1.82, 2.24) is 0 Å². The first kappa shape index (κ1) is 9.82. The molecule has 15 heavy (non-hydrogen) atoms. The zero-order valence-electron chi connectivity index (χ0n) is 8.00. The van der Waals surface area contributed by atoms with Crippen LogP contribution in [-0.4, -0.2) is 30.2 Å². The van der Waals surface area contributed by atoms with E-state index in [2.05, 4.69) is 4.99 Å². The molecular weight excluding hydrogens is 196 g/mol. The molecule has 0 aliphatic carbocycles. The van der Waals surface area contributed by atoms with Gasteiger partial charge in [0.05, 0.1) is 12.1 Å². The van der Waals surface area contributed by atoms with Crippen molar-refractivity contribution in [3.05, 3.63) is 41.1 Å². The van der Waals surface area contributed by atoms with Gasteiger partial charge in [0.2, 0.25) is 6.34 Å². The average Bonchev–Trinajstić information content (AvgIpc) is 2.66. The predicted molar refractivity (Wildman–Crippen MR) is 53.7 cm³/mol. The minimum Gasteiger partial charge on any atom is -0.583 e. The van der Waals surface area contributed by atoms with Crippen molar-refractivity contribution in [1.29, 1.82) is 0 Å². The lowest BCUT2D eigenvalue weighted by atomic mass is 10.2. The van der Waals surface area contributed by atoms with Crippen LogP contribution in [0.4, 0.5) is 0 Å². The Morgan fingerprint density at radius 2 is 2.13 bits per heavy atom. The fraction of sp³-hybridized carbons (Fsp3) is 0.200. The van der Waals surface area contributed by atoms with E-state index in [0.29, 0.717) is 12.1 Å². The van der Waals surface area contributed by atoms with Crippen LogP contribution in [0.3, 0.4) is 0 Å². The van der Waals surface area contributed by atoms with Crippen LogP contribution in [0.5, 0.6) is 0 Å². The molecule has 1 unspecified atom stereocenters. The minimum absolute atomic E-state index is 0.151. The van der Waals surface area contributed by atoms with Crippen molar-refractivity contribution in [2.45, 2.75) is 0 Å². The van der Waals surface area contributed by atoms with Crippen LogP contribution in [0.2, 0.25) is 0 Å². The highest BCUT2D eigenvalue weighted by Gasteiger charge is 2.26. The minimum atomic E-state index is -1.12. The van der Waals surface area contributed by atoms with Crippen LogP contribution < -0.4 is 0 Å². The lowest BCUT2D eigenvalue weighted by Crippen LogP contribution is -2.41. The first-order valence-electron chi connectivity index (χ1n) is 4.58. The number of hydroxylamine groups is 4. The fourth-order valence-corrected chi connectivity index (χ4v) is 1.27. The van der Waals surface area contributed by atoms with Gasteiger partial charge < -0.3 is 5.21 Å². The van der Waals surface area contributed by atoms with Crippen molar-refractivity contribution in [3.63, 3.8) is 0 Å². The molecule has 0 aromatic heterocycles. The van der Waals surface area contributed by atoms with Gasteiger partial charge in [0.1, 0.15) is 6.54 Å². The zero-order valence-corrected chi connectivity index (χ0v) is 8.00. The maximum absolute atomic E-state index is 11.6. The summed E-state index contributed by atoms with van der Waals surface area (Å²) in [5.41, 5.74) is 0.367. The summed E-state index contributed by atoms with van der Waals surface area (Å²) in [4.78, 5) is 18.9. The third-order valence-corrected chi connectivity index (χ3v) is 2.05. The van der Waals surface area contributed by atoms with E-state index in [1.807, 2.05) is 0 Å². The number of carbonyl (C=O) groups excluding carboxylic acids is 1. The number of aliphatic imine (C=N–C) groups is 1. The average molecular weight is 206 g/mol. The largest absolute Gasteiger partial charge is 0.583 e. The molecule has 0 fully saturated rings. The van der Waals surface area contributed by atoms with E-state index in [9.17, 15) is 10.0 Å². The third kappa shape index (κ3) is 2.20. The molecule has 1 aromatic carbocycles. The molecular formula is C10H10N2O3. The summed E-state index contributed by atoms with van der Waals surface area (Å²) in [6.07, 6.45) is 1.10. The van der Waals surface area contributed by atoms with E-state index >= 15 is 0 Å². The highest BCUT2D eigenvalue weighted by atomic mass is 16.9. The molecule has 0 bridgehead atoms. The molecule has 1 aromatic rings. The van der Waals surface area contributed by atoms with Crippen LogP contribution in [0.15, 0.2) is 35.3 Å². The SMILES string of the molecule is O=C(O[N+]1([O-])C=NCC1)c1ccccc1. The highest BCUT2D eigenvalue weighted by Crippen LogP contribution is 2.11. The van der Waals surface area contributed by atoms with Gasteiger partial charge in [-0.3, -0.25) is 4.84 Å². The number of hydrogen-bond acceptors (Lipinski definition) is 4. The second kappa shape index (κ2) is 3.80. The summed E-state index contributed by atoms with van der Waals surface area (Å²) in [7, 11) is 0. The summed E-state index contributed by atoms with van der Waals surface area (Å²) in [5.74, 6) is -0.626. The number of nitrogens with zero attached hydrogens (tertiary/aromatic N) is 2. The molecule has 5 heteroatoms. The number of rotatable bonds is 2. The molecule has 1 atom stereocenters. The van der Waals surface area contributed by atoms with Gasteiger partial charge in [0.15, 0.2) is 0 Å². The predicted octanol–water partition coefficient (Wildman–Crippen LogP) is 1.11. The molecule has 5 nitrogen and oxygen atoms in total. The van der Waals surface area contributed by atoms with Gasteiger partial charge in [0, 0.05) is 0 Å². The van der Waals surface area contributed by atoms with Gasteiger partial charge in [-0.15, -0.1) is 4.81 Å². The summed E-state index contributed by atoms with van der Waals surface area (Å²) >= 11 is 0. The Labute approximate surface area is 86.7 Å². The van der Waals surface area contributed by atoms with Crippen LogP contribution in [0.25, 0.3) is 0 Å². The lowest BCUT2D eigenvalue weighted by molar-refractivity contribution is -0.965. The number of carbonyl (C=O) groups is 1. The van der Waals surface area contributed by atoms with E-state index < -0.39 is 10.8 Å². The molecule has 0 spiro atoms. The van der Waals surface area contributed by atoms with Gasteiger partial charge >= 0.3 is 5.97 Å². The van der Waals surface area contributed by atoms with Gasteiger partial charge in [-0.25, -0.2) is 9.79 Å². The molecule has 0 amide bonds. The molecule has 0 saturated carbocycles. The molecule has 78 valence electrons. The highest BCUT2D eigenvalue weighted by molar-refractivity contribution is 5.89. The van der Waals surface area contributed by atoms with Crippen molar-refractivity contribution in [2.24, 2.45) is 4.99 Å². The summed E-state index contributed by atoms with van der Waals surface area (Å²) in [6.45, 7) is 0.546. The van der Waals surface area contributed by atoms with Crippen LogP contribution >= 0.6 is 0 Å². The van der Waals surface area contributed by atoms with E-state index in [0.717, 1.165) is 6.34 Å². The molecule has 1 aliphatic rings. The molecule has 1 aliphatic heterocycles. The zero-order chi connectivity index (χ0) is 10.7. The lowest BCUT2D eigenvalue weighted by Gasteiger charge is -2.28. The summed E-state index contributed by atoms with van der Waals surface area (Å²) in [6, 6.07) is 8.41. The molecule has 0 N–H and O–H groups in total. The van der Waals surface area contributed by atoms with Crippen LogP contribution in [0.1, 0.15) is 10.4 Å². The molecule has 0 saturated heterocycles. The van der Waals surface area contributed by atoms with Crippen molar-refractivity contribution in [2.75, 3.05) is 13.1 Å². The van der Waals surface area contributed by atoms with Crippen LogP contribution in [-0.2, 0) is 4.84 Å². The van der Waals surface area contributed by atoms with Gasteiger partial charge in [0.25, 0.3) is 0 Å². The Balaban J connectivity index is 2.07. The van der Waals surface area contributed by atoms with E-state index in [4.69, 9.17) is 4.84 Å². The Morgan fingerprint density at radius 3 is 2.73 bits per heavy atom. The van der Waals surface area contributed by atoms with E-state index in [1.54, 1.807) is 30.3 Å². The molecule has 1 heterocycles. The van der Waals surface area contributed by atoms with E-state index in [1.165, 1.54) is 0 Å². The van der Waals surface area contributed by atoms with E-state index in [-0.39, 0.29) is 6.54 Å². The van der Waals surface area contributed by atoms with Crippen molar-refractivity contribution < 1.29 is 14.4 Å². The van der Waals surface area contributed by atoms with Gasteiger partial charge in [-0.2, -0.15) is 0 Å². The maximum atomic E-state index is 11.6. The normalized spacial score (nSPS) is 24.1. The summed E-state index contributed by atoms with van der Waals surface area (Å²) < 4.78 is 0. The maximum Gasteiger partial charge on any atom is 0.398 e. The quantitative estimate of drug-likeness (QED) is 0.538. The van der Waals surface area contributed by atoms with Gasteiger partial charge in [-0.1, -0.05) is 18.2 Å². The topological polar surface area (TPSA) is 61.7 Å². The number of hydrogen-bond donors (Lipinski definition) is 0. The molecule has 2 rings (SSSR count). The first-order valence-corrected chi connectivity index (χ1v) is 4.58. The Hall–Kier alpha value is -1.72. The molecule has 0 radical (unpaired) electrons. The fourth-order valence-electron chi connectivity index (χ4n) is 1.27.